The summed E-state index contributed by atoms with van der Waals surface area (Å²) in [6.45, 7) is 1.81. The number of esters is 1. The molecule has 3 rings (SSSR count). The second kappa shape index (κ2) is 7.04. The van der Waals surface area contributed by atoms with Crippen molar-refractivity contribution in [3.63, 3.8) is 0 Å². The quantitative estimate of drug-likeness (QED) is 0.682. The summed E-state index contributed by atoms with van der Waals surface area (Å²) in [5, 5.41) is 3.64. The van der Waals surface area contributed by atoms with Crippen LogP contribution in [0.3, 0.4) is 0 Å². The molecule has 0 fully saturated rings. The summed E-state index contributed by atoms with van der Waals surface area (Å²) in [6.07, 6.45) is 2.57. The first-order chi connectivity index (χ1) is 11.6. The van der Waals surface area contributed by atoms with Gasteiger partial charge in [-0.1, -0.05) is 18.2 Å². The molecule has 0 unspecified atom stereocenters. The van der Waals surface area contributed by atoms with Crippen molar-refractivity contribution in [2.24, 2.45) is 0 Å². The lowest BCUT2D eigenvalue weighted by Crippen LogP contribution is -2.35. The number of amides is 1. The number of ether oxygens (including phenoxy) is 1. The van der Waals surface area contributed by atoms with E-state index in [4.69, 9.17) is 9.15 Å². The number of fused-ring (bicyclic) bond motifs is 1. The standard InChI is InChI=1S/C18H18N2O4/c1-12(18(22)20-11-14-5-4-8-23-14)24-17(21)9-13-10-19-16-7-3-2-6-15(13)16/h2-8,10,12,19H,9,11H2,1H3,(H,20,22)/t12-/m1/s1. The molecule has 2 aromatic heterocycles. The van der Waals surface area contributed by atoms with Gasteiger partial charge in [-0.05, 0) is 30.7 Å². The predicted molar refractivity (Wildman–Crippen MR) is 88.1 cm³/mol. The topological polar surface area (TPSA) is 84.3 Å². The van der Waals surface area contributed by atoms with Gasteiger partial charge in [0.25, 0.3) is 5.91 Å². The molecule has 24 heavy (non-hydrogen) atoms. The molecule has 6 nitrogen and oxygen atoms in total. The molecular weight excluding hydrogens is 308 g/mol. The van der Waals surface area contributed by atoms with Gasteiger partial charge in [0.1, 0.15) is 5.76 Å². The number of para-hydroxylation sites is 1. The number of carbonyl (C=O) groups is 2. The van der Waals surface area contributed by atoms with Crippen LogP contribution in [0.2, 0.25) is 0 Å². The third kappa shape index (κ3) is 3.65. The van der Waals surface area contributed by atoms with Crippen molar-refractivity contribution in [1.29, 1.82) is 0 Å². The predicted octanol–water partition coefficient (Wildman–Crippen LogP) is 2.55. The largest absolute Gasteiger partial charge is 0.467 e. The van der Waals surface area contributed by atoms with Gasteiger partial charge in [0, 0.05) is 17.1 Å². The number of nitrogens with one attached hydrogen (secondary N) is 2. The maximum Gasteiger partial charge on any atom is 0.311 e. The number of benzene rings is 1. The van der Waals surface area contributed by atoms with Crippen LogP contribution >= 0.6 is 0 Å². The molecule has 6 heteroatoms. The van der Waals surface area contributed by atoms with Crippen LogP contribution < -0.4 is 5.32 Å². The third-order valence-electron chi connectivity index (χ3n) is 3.70. The van der Waals surface area contributed by atoms with Gasteiger partial charge in [-0.2, -0.15) is 0 Å². The summed E-state index contributed by atoms with van der Waals surface area (Å²) in [5.74, 6) is -0.167. The summed E-state index contributed by atoms with van der Waals surface area (Å²) in [6, 6.07) is 11.2. The van der Waals surface area contributed by atoms with Gasteiger partial charge in [0.15, 0.2) is 6.10 Å². The Balaban J connectivity index is 1.53. The van der Waals surface area contributed by atoms with E-state index in [2.05, 4.69) is 10.3 Å². The van der Waals surface area contributed by atoms with E-state index in [1.807, 2.05) is 24.3 Å². The Morgan fingerprint density at radius 3 is 2.88 bits per heavy atom. The van der Waals surface area contributed by atoms with E-state index in [0.29, 0.717) is 5.76 Å². The molecular formula is C18H18N2O4. The van der Waals surface area contributed by atoms with Gasteiger partial charge < -0.3 is 19.5 Å². The summed E-state index contributed by atoms with van der Waals surface area (Å²) >= 11 is 0. The molecule has 2 heterocycles. The van der Waals surface area contributed by atoms with Crippen molar-refractivity contribution < 1.29 is 18.7 Å². The Morgan fingerprint density at radius 1 is 1.25 bits per heavy atom. The molecule has 0 bridgehead atoms. The molecule has 1 aromatic carbocycles. The average Bonchev–Trinajstić information content (AvgIpc) is 3.23. The van der Waals surface area contributed by atoms with Crippen molar-refractivity contribution in [2.75, 3.05) is 0 Å². The lowest BCUT2D eigenvalue weighted by molar-refractivity contribution is -0.154. The van der Waals surface area contributed by atoms with Crippen molar-refractivity contribution >= 4 is 22.8 Å². The van der Waals surface area contributed by atoms with Crippen LogP contribution in [0.5, 0.6) is 0 Å². The minimum Gasteiger partial charge on any atom is -0.467 e. The number of carbonyl (C=O) groups excluding carboxylic acids is 2. The molecule has 0 spiro atoms. The van der Waals surface area contributed by atoms with Gasteiger partial charge in [-0.3, -0.25) is 9.59 Å². The zero-order chi connectivity index (χ0) is 16.9. The Kier molecular flexibility index (Phi) is 4.65. The molecule has 1 atom stereocenters. The molecule has 0 saturated heterocycles. The Bertz CT molecular complexity index is 836. The highest BCUT2D eigenvalue weighted by atomic mass is 16.5. The van der Waals surface area contributed by atoms with Crippen molar-refractivity contribution in [1.82, 2.24) is 10.3 Å². The lowest BCUT2D eigenvalue weighted by atomic mass is 10.1. The fourth-order valence-corrected chi connectivity index (χ4v) is 2.46. The Morgan fingerprint density at radius 2 is 2.08 bits per heavy atom. The minimum atomic E-state index is -0.863. The number of furan rings is 1. The highest BCUT2D eigenvalue weighted by molar-refractivity contribution is 5.88. The molecule has 0 radical (unpaired) electrons. The monoisotopic (exact) mass is 326 g/mol. The molecule has 3 aromatic rings. The van der Waals surface area contributed by atoms with E-state index in [1.54, 1.807) is 25.3 Å². The smallest absolute Gasteiger partial charge is 0.311 e. The molecule has 0 aliphatic carbocycles. The lowest BCUT2D eigenvalue weighted by Gasteiger charge is -2.12. The number of hydrogen-bond donors (Lipinski definition) is 2. The zero-order valence-corrected chi connectivity index (χ0v) is 13.2. The van der Waals surface area contributed by atoms with Crippen LogP contribution in [0.15, 0.2) is 53.3 Å². The molecule has 2 N–H and O–H groups in total. The van der Waals surface area contributed by atoms with E-state index in [9.17, 15) is 9.59 Å². The number of H-pyrrole nitrogens is 1. The first kappa shape index (κ1) is 15.9. The van der Waals surface area contributed by atoms with Crippen LogP contribution in [0.4, 0.5) is 0 Å². The van der Waals surface area contributed by atoms with Gasteiger partial charge in [-0.25, -0.2) is 0 Å². The zero-order valence-electron chi connectivity index (χ0n) is 13.2. The van der Waals surface area contributed by atoms with Gasteiger partial charge >= 0.3 is 5.97 Å². The molecule has 1 amide bonds. The molecule has 0 saturated carbocycles. The fraction of sp³-hybridized carbons (Fsp3) is 0.222. The summed E-state index contributed by atoms with van der Waals surface area (Å²) in [4.78, 5) is 27.1. The van der Waals surface area contributed by atoms with E-state index < -0.39 is 12.1 Å². The first-order valence-corrected chi connectivity index (χ1v) is 7.68. The highest BCUT2D eigenvalue weighted by Gasteiger charge is 2.19. The third-order valence-corrected chi connectivity index (χ3v) is 3.70. The van der Waals surface area contributed by atoms with Gasteiger partial charge in [0.2, 0.25) is 0 Å². The van der Waals surface area contributed by atoms with E-state index in [1.165, 1.54) is 6.26 Å². The molecule has 0 aliphatic rings. The van der Waals surface area contributed by atoms with Crippen molar-refractivity contribution in [3.8, 4) is 0 Å². The van der Waals surface area contributed by atoms with E-state index in [0.717, 1.165) is 16.5 Å². The second-order valence-corrected chi connectivity index (χ2v) is 5.47. The summed E-state index contributed by atoms with van der Waals surface area (Å²) < 4.78 is 10.3. The SMILES string of the molecule is C[C@@H](OC(=O)Cc1c[nH]c2ccccc12)C(=O)NCc1ccco1. The van der Waals surface area contributed by atoms with E-state index >= 15 is 0 Å². The van der Waals surface area contributed by atoms with Crippen LogP contribution in [0, 0.1) is 0 Å². The average molecular weight is 326 g/mol. The van der Waals surface area contributed by atoms with Crippen LogP contribution in [-0.2, 0) is 27.3 Å². The van der Waals surface area contributed by atoms with Gasteiger partial charge in [0.05, 0.1) is 19.2 Å². The second-order valence-electron chi connectivity index (χ2n) is 5.47. The van der Waals surface area contributed by atoms with Crippen molar-refractivity contribution in [3.05, 3.63) is 60.2 Å². The van der Waals surface area contributed by atoms with Crippen LogP contribution in [0.1, 0.15) is 18.2 Å². The summed E-state index contributed by atoms with van der Waals surface area (Å²) in [7, 11) is 0. The fourth-order valence-electron chi connectivity index (χ4n) is 2.46. The van der Waals surface area contributed by atoms with Crippen molar-refractivity contribution in [2.45, 2.75) is 26.0 Å². The van der Waals surface area contributed by atoms with Gasteiger partial charge in [-0.15, -0.1) is 0 Å². The molecule has 124 valence electrons. The minimum absolute atomic E-state index is 0.111. The number of hydrogen-bond acceptors (Lipinski definition) is 4. The number of aromatic nitrogens is 1. The number of rotatable bonds is 6. The Labute approximate surface area is 138 Å². The van der Waals surface area contributed by atoms with Crippen LogP contribution in [0.25, 0.3) is 10.9 Å². The maximum atomic E-state index is 12.1. The maximum absolute atomic E-state index is 12.1. The Hall–Kier alpha value is -3.02. The van der Waals surface area contributed by atoms with Crippen LogP contribution in [-0.4, -0.2) is 23.0 Å². The highest BCUT2D eigenvalue weighted by Crippen LogP contribution is 2.18. The first-order valence-electron chi connectivity index (χ1n) is 7.68. The summed E-state index contributed by atoms with van der Waals surface area (Å²) in [5.41, 5.74) is 1.81. The van der Waals surface area contributed by atoms with E-state index in [-0.39, 0.29) is 18.9 Å². The normalized spacial score (nSPS) is 12.0. The number of aromatic amines is 1. The molecule has 0 aliphatic heterocycles.